The number of hydrogen-bond donors (Lipinski definition) is 0. The van der Waals surface area contributed by atoms with Crippen LogP contribution in [0.25, 0.3) is 0 Å². The van der Waals surface area contributed by atoms with Crippen LogP contribution in [0.2, 0.25) is 0 Å². The maximum Gasteiger partial charge on any atom is 0.248 e. The van der Waals surface area contributed by atoms with Crippen molar-refractivity contribution in [1.29, 1.82) is 5.26 Å². The van der Waals surface area contributed by atoms with Gasteiger partial charge in [0.05, 0.1) is 12.1 Å². The van der Waals surface area contributed by atoms with E-state index in [9.17, 15) is 9.59 Å². The molecule has 2 aromatic carbocycles. The van der Waals surface area contributed by atoms with Crippen LogP contribution in [-0.2, 0) is 22.6 Å². The fourth-order valence-electron chi connectivity index (χ4n) is 2.92. The van der Waals surface area contributed by atoms with E-state index in [0.717, 1.165) is 11.1 Å². The molecule has 1 saturated heterocycles. The minimum absolute atomic E-state index is 0.294. The van der Waals surface area contributed by atoms with E-state index in [1.54, 1.807) is 4.90 Å². The van der Waals surface area contributed by atoms with Gasteiger partial charge in [-0.3, -0.25) is 9.59 Å². The fourth-order valence-corrected chi connectivity index (χ4v) is 2.92. The fraction of sp³-hybridized carbons (Fsp3) is 0.211. The Kier molecular flexibility index (Phi) is 4.20. The number of hydrogen-bond acceptors (Lipinski definition) is 3. The normalized spacial score (nSPS) is 20.6. The first-order valence-corrected chi connectivity index (χ1v) is 7.52. The standard InChI is InChI=1S/C19H16N2O2/c20-12-16-18(22)17(11-14-7-3-1-4-8-14)21(19(16)23)13-15-9-5-2-6-10-15/h1-10,16-17H,11,13H2/t16?,17-/m0/s1. The van der Waals surface area contributed by atoms with Crippen molar-refractivity contribution in [1.82, 2.24) is 4.90 Å². The summed E-state index contributed by atoms with van der Waals surface area (Å²) >= 11 is 0. The second-order valence-corrected chi connectivity index (χ2v) is 5.62. The molecule has 0 aromatic heterocycles. The average molecular weight is 304 g/mol. The number of benzene rings is 2. The Morgan fingerprint density at radius 2 is 1.48 bits per heavy atom. The van der Waals surface area contributed by atoms with Crippen molar-refractivity contribution >= 4 is 11.7 Å². The minimum atomic E-state index is -1.17. The Hall–Kier alpha value is -2.93. The number of ketones is 1. The summed E-state index contributed by atoms with van der Waals surface area (Å²) in [5, 5.41) is 9.16. The third-order valence-corrected chi connectivity index (χ3v) is 4.12. The number of Topliss-reactive ketones (excluding diaryl/α,β-unsaturated/α-hetero) is 1. The number of rotatable bonds is 4. The maximum absolute atomic E-state index is 12.5. The third-order valence-electron chi connectivity index (χ3n) is 4.12. The molecule has 1 fully saturated rings. The lowest BCUT2D eigenvalue weighted by Crippen LogP contribution is -2.36. The summed E-state index contributed by atoms with van der Waals surface area (Å²) in [4.78, 5) is 26.4. The monoisotopic (exact) mass is 304 g/mol. The molecule has 0 N–H and O–H groups in total. The van der Waals surface area contributed by atoms with Gasteiger partial charge in [0, 0.05) is 13.0 Å². The molecule has 1 aliphatic rings. The highest BCUT2D eigenvalue weighted by atomic mass is 16.2. The van der Waals surface area contributed by atoms with E-state index < -0.39 is 12.0 Å². The zero-order valence-electron chi connectivity index (χ0n) is 12.6. The summed E-state index contributed by atoms with van der Waals surface area (Å²) in [5.41, 5.74) is 1.93. The molecule has 2 atom stereocenters. The van der Waals surface area contributed by atoms with Crippen molar-refractivity contribution < 1.29 is 9.59 Å². The zero-order valence-corrected chi connectivity index (χ0v) is 12.6. The van der Waals surface area contributed by atoms with Gasteiger partial charge >= 0.3 is 0 Å². The molecule has 1 aliphatic heterocycles. The van der Waals surface area contributed by atoms with Crippen LogP contribution in [-0.4, -0.2) is 22.6 Å². The van der Waals surface area contributed by atoms with E-state index >= 15 is 0 Å². The lowest BCUT2D eigenvalue weighted by Gasteiger charge is -2.23. The van der Waals surface area contributed by atoms with Gasteiger partial charge in [0.25, 0.3) is 0 Å². The number of nitrogens with zero attached hydrogens (tertiary/aromatic N) is 2. The molecule has 3 rings (SSSR count). The summed E-state index contributed by atoms with van der Waals surface area (Å²) in [6.07, 6.45) is 0.441. The lowest BCUT2D eigenvalue weighted by molar-refractivity contribution is -0.131. The molecule has 4 nitrogen and oxygen atoms in total. The topological polar surface area (TPSA) is 61.2 Å². The second kappa shape index (κ2) is 6.45. The zero-order chi connectivity index (χ0) is 16.2. The lowest BCUT2D eigenvalue weighted by atomic mass is 9.99. The van der Waals surface area contributed by atoms with Crippen LogP contribution in [0, 0.1) is 17.2 Å². The predicted molar refractivity (Wildman–Crippen MR) is 85.0 cm³/mol. The Balaban J connectivity index is 1.88. The van der Waals surface area contributed by atoms with Crippen LogP contribution in [0.4, 0.5) is 0 Å². The van der Waals surface area contributed by atoms with Crippen LogP contribution in [0.5, 0.6) is 0 Å². The summed E-state index contributed by atoms with van der Waals surface area (Å²) in [7, 11) is 0. The van der Waals surface area contributed by atoms with Crippen molar-refractivity contribution in [2.75, 3.05) is 0 Å². The number of carbonyl (C=O) groups is 2. The highest BCUT2D eigenvalue weighted by molar-refractivity contribution is 6.12. The molecule has 23 heavy (non-hydrogen) atoms. The van der Waals surface area contributed by atoms with E-state index in [2.05, 4.69) is 0 Å². The highest BCUT2D eigenvalue weighted by Gasteiger charge is 2.47. The summed E-state index contributed by atoms with van der Waals surface area (Å²) in [6.45, 7) is 0.348. The van der Waals surface area contributed by atoms with Gasteiger partial charge < -0.3 is 4.90 Å². The minimum Gasteiger partial charge on any atom is -0.326 e. The number of nitriles is 1. The summed E-state index contributed by atoms with van der Waals surface area (Å²) < 4.78 is 0. The molecule has 4 heteroatoms. The summed E-state index contributed by atoms with van der Waals surface area (Å²) in [6, 6.07) is 20.4. The van der Waals surface area contributed by atoms with Gasteiger partial charge in [-0.15, -0.1) is 0 Å². The first kappa shape index (κ1) is 15.0. The van der Waals surface area contributed by atoms with Gasteiger partial charge in [-0.05, 0) is 11.1 Å². The first-order chi connectivity index (χ1) is 11.2. The van der Waals surface area contributed by atoms with Gasteiger partial charge in [0.2, 0.25) is 5.91 Å². The van der Waals surface area contributed by atoms with Gasteiger partial charge in [-0.2, -0.15) is 5.26 Å². The average Bonchev–Trinajstić information content (AvgIpc) is 2.80. The second-order valence-electron chi connectivity index (χ2n) is 5.62. The van der Waals surface area contributed by atoms with E-state index in [1.807, 2.05) is 66.7 Å². The number of amides is 1. The van der Waals surface area contributed by atoms with Crippen LogP contribution >= 0.6 is 0 Å². The molecule has 1 amide bonds. The predicted octanol–water partition coefficient (Wildman–Crippen LogP) is 2.35. The highest BCUT2D eigenvalue weighted by Crippen LogP contribution is 2.26. The van der Waals surface area contributed by atoms with Crippen molar-refractivity contribution in [2.45, 2.75) is 19.0 Å². The Morgan fingerprint density at radius 3 is 2.04 bits per heavy atom. The Labute approximate surface area is 135 Å². The molecule has 0 radical (unpaired) electrons. The van der Waals surface area contributed by atoms with Crippen molar-refractivity contribution in [3.63, 3.8) is 0 Å². The molecule has 2 aromatic rings. The molecule has 0 spiro atoms. The Bertz CT molecular complexity index is 690. The van der Waals surface area contributed by atoms with Crippen LogP contribution in [0.3, 0.4) is 0 Å². The summed E-state index contributed by atoms with van der Waals surface area (Å²) in [5.74, 6) is -1.85. The molecular formula is C19H16N2O2. The molecule has 0 bridgehead atoms. The van der Waals surface area contributed by atoms with Gasteiger partial charge in [-0.25, -0.2) is 0 Å². The van der Waals surface area contributed by atoms with Crippen LogP contribution in [0.15, 0.2) is 60.7 Å². The molecule has 1 heterocycles. The van der Waals surface area contributed by atoms with Gasteiger partial charge in [0.1, 0.15) is 0 Å². The molecular weight excluding hydrogens is 288 g/mol. The largest absolute Gasteiger partial charge is 0.326 e. The Morgan fingerprint density at radius 1 is 0.913 bits per heavy atom. The van der Waals surface area contributed by atoms with E-state index in [4.69, 9.17) is 5.26 Å². The van der Waals surface area contributed by atoms with Gasteiger partial charge in [0.15, 0.2) is 11.7 Å². The molecule has 0 saturated carbocycles. The maximum atomic E-state index is 12.5. The van der Waals surface area contributed by atoms with E-state index in [0.29, 0.717) is 13.0 Å². The van der Waals surface area contributed by atoms with Gasteiger partial charge in [-0.1, -0.05) is 60.7 Å². The molecule has 1 unspecified atom stereocenters. The molecule has 0 aliphatic carbocycles. The van der Waals surface area contributed by atoms with E-state index in [1.165, 1.54) is 0 Å². The van der Waals surface area contributed by atoms with Crippen molar-refractivity contribution in [2.24, 2.45) is 5.92 Å². The van der Waals surface area contributed by atoms with Crippen LogP contribution in [0.1, 0.15) is 11.1 Å². The van der Waals surface area contributed by atoms with Crippen molar-refractivity contribution in [3.05, 3.63) is 71.8 Å². The molecule has 114 valence electrons. The van der Waals surface area contributed by atoms with Crippen LogP contribution < -0.4 is 0 Å². The van der Waals surface area contributed by atoms with E-state index in [-0.39, 0.29) is 11.7 Å². The first-order valence-electron chi connectivity index (χ1n) is 7.52. The third kappa shape index (κ3) is 3.00. The quantitative estimate of drug-likeness (QED) is 0.815. The smallest absolute Gasteiger partial charge is 0.248 e. The number of carbonyl (C=O) groups excluding carboxylic acids is 2. The SMILES string of the molecule is N#CC1C(=O)[C@H](Cc2ccccc2)N(Cc2ccccc2)C1=O. The van der Waals surface area contributed by atoms with Crippen molar-refractivity contribution in [3.8, 4) is 6.07 Å². The number of likely N-dealkylation sites (tertiary alicyclic amines) is 1.